The van der Waals surface area contributed by atoms with E-state index in [1.807, 2.05) is 12.1 Å². The van der Waals surface area contributed by atoms with E-state index in [2.05, 4.69) is 26.2 Å². The van der Waals surface area contributed by atoms with Crippen molar-refractivity contribution >= 4 is 38.5 Å². The largest absolute Gasteiger partial charge is 0.494 e. The first-order valence-corrected chi connectivity index (χ1v) is 10.3. The predicted molar refractivity (Wildman–Crippen MR) is 113 cm³/mol. The predicted octanol–water partition coefficient (Wildman–Crippen LogP) is 4.48. The second kappa shape index (κ2) is 8.97. The highest BCUT2D eigenvalue weighted by atomic mass is 79.9. The fourth-order valence-corrected chi connectivity index (χ4v) is 3.68. The summed E-state index contributed by atoms with van der Waals surface area (Å²) in [6.07, 6.45) is 1.91. The Bertz CT molecular complexity index is 1160. The highest BCUT2D eigenvalue weighted by Gasteiger charge is 2.18. The van der Waals surface area contributed by atoms with Crippen molar-refractivity contribution in [2.75, 3.05) is 20.3 Å². The molecule has 4 rings (SSSR count). The summed E-state index contributed by atoms with van der Waals surface area (Å²) in [6.45, 7) is 1.12. The number of nitrogens with zero attached hydrogens (tertiary/aromatic N) is 1. The standard InChI is InChI=1S/C22H20BrFN2O4/c1-28-20-7-5-15(11-18(20)24)26-22-17(21(27)25-12-16-3-2-8-29-16)10-13-9-14(23)4-6-19(13)30-22/h4-7,9-11,16H,2-3,8,12H2,1H3,(H,25,27)/t16-/m0/s1. The van der Waals surface area contributed by atoms with E-state index in [4.69, 9.17) is 13.9 Å². The molecule has 2 heterocycles. The van der Waals surface area contributed by atoms with E-state index < -0.39 is 5.82 Å². The first-order valence-electron chi connectivity index (χ1n) is 9.55. The van der Waals surface area contributed by atoms with Crippen molar-refractivity contribution in [3.8, 4) is 5.75 Å². The molecule has 0 aliphatic carbocycles. The number of fused-ring (bicyclic) bond motifs is 1. The van der Waals surface area contributed by atoms with Crippen molar-refractivity contribution in [3.63, 3.8) is 0 Å². The lowest BCUT2D eigenvalue weighted by atomic mass is 10.1. The highest BCUT2D eigenvalue weighted by molar-refractivity contribution is 9.10. The van der Waals surface area contributed by atoms with Gasteiger partial charge in [-0.15, -0.1) is 0 Å². The minimum atomic E-state index is -0.548. The maximum Gasteiger partial charge on any atom is 0.256 e. The van der Waals surface area contributed by atoms with Gasteiger partial charge in [-0.25, -0.2) is 9.38 Å². The summed E-state index contributed by atoms with van der Waals surface area (Å²) < 4.78 is 31.4. The normalized spacial score (nSPS) is 16.8. The minimum Gasteiger partial charge on any atom is -0.494 e. The van der Waals surface area contributed by atoms with E-state index in [0.29, 0.717) is 24.4 Å². The Morgan fingerprint density at radius 1 is 1.30 bits per heavy atom. The molecule has 0 radical (unpaired) electrons. The number of hydrogen-bond donors (Lipinski definition) is 1. The van der Waals surface area contributed by atoms with Crippen molar-refractivity contribution in [3.05, 3.63) is 63.9 Å². The number of amides is 1. The van der Waals surface area contributed by atoms with Gasteiger partial charge in [-0.3, -0.25) is 4.79 Å². The van der Waals surface area contributed by atoms with Gasteiger partial charge in [-0.1, -0.05) is 15.9 Å². The van der Waals surface area contributed by atoms with Gasteiger partial charge in [-0.2, -0.15) is 0 Å². The van der Waals surface area contributed by atoms with Gasteiger partial charge < -0.3 is 19.2 Å². The molecule has 3 aromatic rings. The molecule has 30 heavy (non-hydrogen) atoms. The van der Waals surface area contributed by atoms with Crippen LogP contribution in [0.5, 0.6) is 5.75 Å². The average molecular weight is 475 g/mol. The van der Waals surface area contributed by atoms with Gasteiger partial charge in [0.05, 0.1) is 18.9 Å². The van der Waals surface area contributed by atoms with E-state index in [0.717, 1.165) is 22.7 Å². The Balaban J connectivity index is 1.75. The fourth-order valence-electron chi connectivity index (χ4n) is 3.30. The number of halogens is 2. The van der Waals surface area contributed by atoms with Crippen LogP contribution in [0.4, 0.5) is 10.1 Å². The van der Waals surface area contributed by atoms with E-state index in [9.17, 15) is 9.18 Å². The quantitative estimate of drug-likeness (QED) is 0.591. The molecule has 1 fully saturated rings. The molecule has 0 unspecified atom stereocenters. The number of ether oxygens (including phenoxy) is 2. The van der Waals surface area contributed by atoms with Gasteiger partial charge in [0.15, 0.2) is 11.6 Å². The molecule has 1 N–H and O–H groups in total. The molecular weight excluding hydrogens is 455 g/mol. The molecule has 1 atom stereocenters. The zero-order chi connectivity index (χ0) is 21.1. The Labute approximate surface area is 180 Å². The van der Waals surface area contributed by atoms with E-state index in [1.54, 1.807) is 18.2 Å². The zero-order valence-electron chi connectivity index (χ0n) is 16.3. The highest BCUT2D eigenvalue weighted by Crippen LogP contribution is 2.23. The second-order valence-electron chi connectivity index (χ2n) is 6.92. The summed E-state index contributed by atoms with van der Waals surface area (Å²) in [5, 5.41) is 3.63. The van der Waals surface area contributed by atoms with Crippen LogP contribution in [0.3, 0.4) is 0 Å². The monoisotopic (exact) mass is 474 g/mol. The van der Waals surface area contributed by atoms with Gasteiger partial charge in [-0.05, 0) is 49.2 Å². The number of rotatable bonds is 5. The average Bonchev–Trinajstić information content (AvgIpc) is 3.25. The molecule has 156 valence electrons. The van der Waals surface area contributed by atoms with Crippen LogP contribution in [-0.4, -0.2) is 32.3 Å². The number of benzene rings is 2. The van der Waals surface area contributed by atoms with Crippen molar-refractivity contribution in [1.29, 1.82) is 0 Å². The fraction of sp³-hybridized carbons (Fsp3) is 0.273. The first-order chi connectivity index (χ1) is 14.5. The number of carbonyl (C=O) groups excluding carboxylic acids is 1. The van der Waals surface area contributed by atoms with Crippen molar-refractivity contribution in [2.45, 2.75) is 18.9 Å². The summed E-state index contributed by atoms with van der Waals surface area (Å²) in [7, 11) is 1.39. The van der Waals surface area contributed by atoms with Gasteiger partial charge in [0, 0.05) is 29.1 Å². The van der Waals surface area contributed by atoms with Crippen LogP contribution in [-0.2, 0) is 4.74 Å². The van der Waals surface area contributed by atoms with Crippen LogP contribution in [0.1, 0.15) is 23.2 Å². The lowest BCUT2D eigenvalue weighted by Gasteiger charge is -2.11. The molecule has 0 bridgehead atoms. The van der Waals surface area contributed by atoms with Crippen LogP contribution >= 0.6 is 15.9 Å². The molecule has 1 aliphatic rings. The number of methoxy groups -OCH3 is 1. The number of carbonyl (C=O) groups is 1. The van der Waals surface area contributed by atoms with Crippen molar-refractivity contribution < 1.29 is 23.1 Å². The van der Waals surface area contributed by atoms with Crippen molar-refractivity contribution in [2.24, 2.45) is 4.99 Å². The molecule has 1 amide bonds. The molecule has 8 heteroatoms. The zero-order valence-corrected chi connectivity index (χ0v) is 17.9. The van der Waals surface area contributed by atoms with Crippen molar-refractivity contribution in [1.82, 2.24) is 5.32 Å². The Morgan fingerprint density at radius 2 is 2.17 bits per heavy atom. The topological polar surface area (TPSA) is 73.1 Å². The number of hydrogen-bond acceptors (Lipinski definition) is 5. The molecule has 2 aromatic carbocycles. The third kappa shape index (κ3) is 4.55. The summed E-state index contributed by atoms with van der Waals surface area (Å²) in [4.78, 5) is 17.3. The lowest BCUT2D eigenvalue weighted by molar-refractivity contribution is 0.0854. The molecule has 1 aliphatic heterocycles. The van der Waals surface area contributed by atoms with Crippen LogP contribution < -0.4 is 15.6 Å². The molecule has 6 nitrogen and oxygen atoms in total. The summed E-state index contributed by atoms with van der Waals surface area (Å²) in [6, 6.07) is 11.5. The van der Waals surface area contributed by atoms with E-state index >= 15 is 0 Å². The molecule has 1 aromatic heterocycles. The lowest BCUT2D eigenvalue weighted by Crippen LogP contribution is -2.34. The third-order valence-corrected chi connectivity index (χ3v) is 5.33. The second-order valence-corrected chi connectivity index (χ2v) is 7.84. The van der Waals surface area contributed by atoms with Gasteiger partial charge in [0.25, 0.3) is 5.91 Å². The SMILES string of the molecule is COc1ccc(N=c2oc3ccc(Br)cc3cc2C(=O)NC[C@@H]2CCCO2)cc1F. The van der Waals surface area contributed by atoms with Crippen LogP contribution in [0.2, 0.25) is 0 Å². The Hall–Kier alpha value is -2.71. The van der Waals surface area contributed by atoms with Gasteiger partial charge in [0.1, 0.15) is 11.1 Å². The van der Waals surface area contributed by atoms with Gasteiger partial charge in [0.2, 0.25) is 5.55 Å². The third-order valence-electron chi connectivity index (χ3n) is 4.83. The van der Waals surface area contributed by atoms with Gasteiger partial charge >= 0.3 is 0 Å². The Morgan fingerprint density at radius 3 is 2.90 bits per heavy atom. The van der Waals surface area contributed by atoms with Crippen LogP contribution in [0.15, 0.2) is 56.3 Å². The first kappa shape index (κ1) is 20.6. The van der Waals surface area contributed by atoms with E-state index in [-0.39, 0.29) is 28.9 Å². The number of nitrogens with one attached hydrogen (secondary N) is 1. The van der Waals surface area contributed by atoms with E-state index in [1.165, 1.54) is 19.2 Å². The Kier molecular flexibility index (Phi) is 6.15. The minimum absolute atomic E-state index is 0.0107. The summed E-state index contributed by atoms with van der Waals surface area (Å²) in [5.41, 5.74) is 1.22. The molecular formula is C22H20BrFN2O4. The maximum atomic E-state index is 14.1. The van der Waals surface area contributed by atoms with Crippen LogP contribution in [0.25, 0.3) is 11.0 Å². The summed E-state index contributed by atoms with van der Waals surface area (Å²) in [5.74, 6) is -0.763. The molecule has 0 saturated carbocycles. The molecule has 1 saturated heterocycles. The maximum absolute atomic E-state index is 14.1. The molecule has 0 spiro atoms. The van der Waals surface area contributed by atoms with Crippen LogP contribution in [0, 0.1) is 5.82 Å². The smallest absolute Gasteiger partial charge is 0.256 e. The summed E-state index contributed by atoms with van der Waals surface area (Å²) >= 11 is 3.43.